The SMILES string of the molecule is Cc1cccc(Nc2nc(C(=O)NC3CCCC3)cs2)n1. The minimum Gasteiger partial charge on any atom is -0.348 e. The van der Waals surface area contributed by atoms with Crippen molar-refractivity contribution in [2.75, 3.05) is 5.32 Å². The molecule has 3 rings (SSSR count). The van der Waals surface area contributed by atoms with Crippen LogP contribution in [0.25, 0.3) is 0 Å². The van der Waals surface area contributed by atoms with Crippen molar-refractivity contribution in [1.29, 1.82) is 0 Å². The van der Waals surface area contributed by atoms with E-state index in [2.05, 4.69) is 20.6 Å². The normalized spacial score (nSPS) is 15.1. The fraction of sp³-hybridized carbons (Fsp3) is 0.400. The van der Waals surface area contributed by atoms with Gasteiger partial charge in [0.15, 0.2) is 5.13 Å². The van der Waals surface area contributed by atoms with Crippen LogP contribution in [0.5, 0.6) is 0 Å². The van der Waals surface area contributed by atoms with Crippen molar-refractivity contribution in [3.8, 4) is 0 Å². The highest BCUT2D eigenvalue weighted by molar-refractivity contribution is 7.14. The van der Waals surface area contributed by atoms with Crippen LogP contribution in [0.1, 0.15) is 41.9 Å². The summed E-state index contributed by atoms with van der Waals surface area (Å²) in [4.78, 5) is 20.8. The van der Waals surface area contributed by atoms with Gasteiger partial charge in [0.05, 0.1) is 0 Å². The van der Waals surface area contributed by atoms with E-state index in [-0.39, 0.29) is 5.91 Å². The second-order valence-corrected chi connectivity index (χ2v) is 6.14. The minimum absolute atomic E-state index is 0.0802. The van der Waals surface area contributed by atoms with E-state index in [1.165, 1.54) is 24.2 Å². The van der Waals surface area contributed by atoms with Crippen molar-refractivity contribution in [2.45, 2.75) is 38.6 Å². The number of carbonyl (C=O) groups excluding carboxylic acids is 1. The van der Waals surface area contributed by atoms with E-state index in [4.69, 9.17) is 0 Å². The van der Waals surface area contributed by atoms with Crippen molar-refractivity contribution in [3.05, 3.63) is 35.0 Å². The van der Waals surface area contributed by atoms with Crippen LogP contribution >= 0.6 is 11.3 Å². The third-order valence-corrected chi connectivity index (χ3v) is 4.31. The van der Waals surface area contributed by atoms with Crippen molar-refractivity contribution in [3.63, 3.8) is 0 Å². The first-order valence-electron chi connectivity index (χ1n) is 7.18. The molecule has 2 heterocycles. The fourth-order valence-electron chi connectivity index (χ4n) is 2.49. The highest BCUT2D eigenvalue weighted by Crippen LogP contribution is 2.21. The number of hydrogen-bond donors (Lipinski definition) is 2. The van der Waals surface area contributed by atoms with Gasteiger partial charge in [-0.2, -0.15) is 0 Å². The summed E-state index contributed by atoms with van der Waals surface area (Å²) in [6.07, 6.45) is 4.56. The van der Waals surface area contributed by atoms with Gasteiger partial charge >= 0.3 is 0 Å². The molecule has 2 N–H and O–H groups in total. The first kappa shape index (κ1) is 14.0. The number of aromatic nitrogens is 2. The Labute approximate surface area is 127 Å². The topological polar surface area (TPSA) is 66.9 Å². The summed E-state index contributed by atoms with van der Waals surface area (Å²) in [5.74, 6) is 0.663. The highest BCUT2D eigenvalue weighted by Gasteiger charge is 2.19. The predicted octanol–water partition coefficient (Wildman–Crippen LogP) is 3.26. The number of rotatable bonds is 4. The molecule has 1 saturated carbocycles. The van der Waals surface area contributed by atoms with E-state index in [0.717, 1.165) is 24.4 Å². The van der Waals surface area contributed by atoms with Gasteiger partial charge in [-0.05, 0) is 31.9 Å². The number of amides is 1. The van der Waals surface area contributed by atoms with Gasteiger partial charge < -0.3 is 10.6 Å². The summed E-state index contributed by atoms with van der Waals surface area (Å²) in [5, 5.41) is 8.64. The van der Waals surface area contributed by atoms with E-state index in [1.54, 1.807) is 5.38 Å². The molecule has 0 saturated heterocycles. The molecule has 1 amide bonds. The van der Waals surface area contributed by atoms with Gasteiger partial charge in [-0.25, -0.2) is 9.97 Å². The fourth-order valence-corrected chi connectivity index (χ4v) is 3.18. The van der Waals surface area contributed by atoms with Crippen LogP contribution in [0.3, 0.4) is 0 Å². The average Bonchev–Trinajstić information content (AvgIpc) is 3.10. The van der Waals surface area contributed by atoms with Crippen molar-refractivity contribution in [1.82, 2.24) is 15.3 Å². The molecule has 0 unspecified atom stereocenters. The van der Waals surface area contributed by atoms with Gasteiger partial charge in [-0.1, -0.05) is 18.9 Å². The monoisotopic (exact) mass is 302 g/mol. The Balaban J connectivity index is 1.64. The lowest BCUT2D eigenvalue weighted by Crippen LogP contribution is -2.32. The maximum absolute atomic E-state index is 12.1. The van der Waals surface area contributed by atoms with Crippen molar-refractivity contribution < 1.29 is 4.79 Å². The van der Waals surface area contributed by atoms with Gasteiger partial charge in [-0.15, -0.1) is 11.3 Å². The highest BCUT2D eigenvalue weighted by atomic mass is 32.1. The van der Waals surface area contributed by atoms with E-state index in [0.29, 0.717) is 16.9 Å². The third-order valence-electron chi connectivity index (χ3n) is 3.55. The number of hydrogen-bond acceptors (Lipinski definition) is 5. The molecule has 2 aromatic rings. The minimum atomic E-state index is -0.0802. The summed E-state index contributed by atoms with van der Waals surface area (Å²) in [7, 11) is 0. The largest absolute Gasteiger partial charge is 0.348 e. The third kappa shape index (κ3) is 3.58. The average molecular weight is 302 g/mol. The summed E-state index contributed by atoms with van der Waals surface area (Å²) >= 11 is 1.41. The van der Waals surface area contributed by atoms with Gasteiger partial charge in [-0.3, -0.25) is 4.79 Å². The Kier molecular flexibility index (Phi) is 4.15. The number of nitrogens with one attached hydrogen (secondary N) is 2. The van der Waals surface area contributed by atoms with Crippen LogP contribution < -0.4 is 10.6 Å². The molecule has 1 aliphatic rings. The van der Waals surface area contributed by atoms with Crippen LogP contribution in [0.4, 0.5) is 10.9 Å². The number of anilines is 2. The standard InChI is InChI=1S/C15H18N4OS/c1-10-5-4-8-13(16-10)19-15-18-12(9-21-15)14(20)17-11-6-2-3-7-11/h4-5,8-9,11H,2-3,6-7H2,1H3,(H,17,20)(H,16,18,19). The molecule has 0 spiro atoms. The molecular weight excluding hydrogens is 284 g/mol. The number of nitrogens with zero attached hydrogens (tertiary/aromatic N) is 2. The summed E-state index contributed by atoms with van der Waals surface area (Å²) in [6, 6.07) is 6.07. The summed E-state index contributed by atoms with van der Waals surface area (Å²) in [6.45, 7) is 1.94. The number of pyridine rings is 1. The molecule has 0 atom stereocenters. The lowest BCUT2D eigenvalue weighted by Gasteiger charge is -2.09. The molecule has 21 heavy (non-hydrogen) atoms. The molecule has 0 radical (unpaired) electrons. The van der Waals surface area contributed by atoms with Crippen LogP contribution in [-0.2, 0) is 0 Å². The Hall–Kier alpha value is -1.95. The molecule has 110 valence electrons. The number of carbonyl (C=O) groups is 1. The molecule has 0 bridgehead atoms. The molecule has 0 aliphatic heterocycles. The van der Waals surface area contributed by atoms with E-state index in [1.807, 2.05) is 25.1 Å². The maximum Gasteiger partial charge on any atom is 0.271 e. The molecule has 5 nitrogen and oxygen atoms in total. The first-order chi connectivity index (χ1) is 10.2. The molecule has 0 aromatic carbocycles. The summed E-state index contributed by atoms with van der Waals surface area (Å²) < 4.78 is 0. The van der Waals surface area contributed by atoms with E-state index >= 15 is 0 Å². The maximum atomic E-state index is 12.1. The van der Waals surface area contributed by atoms with Crippen LogP contribution in [0, 0.1) is 6.92 Å². The van der Waals surface area contributed by atoms with E-state index < -0.39 is 0 Å². The van der Waals surface area contributed by atoms with Crippen LogP contribution in [0.15, 0.2) is 23.6 Å². The number of aryl methyl sites for hydroxylation is 1. The zero-order valence-corrected chi connectivity index (χ0v) is 12.7. The second kappa shape index (κ2) is 6.22. The van der Waals surface area contributed by atoms with Gasteiger partial charge in [0.2, 0.25) is 0 Å². The zero-order chi connectivity index (χ0) is 14.7. The predicted molar refractivity (Wildman–Crippen MR) is 84.1 cm³/mol. The number of thiazole rings is 1. The van der Waals surface area contributed by atoms with Gasteiger partial charge in [0.1, 0.15) is 11.5 Å². The van der Waals surface area contributed by atoms with E-state index in [9.17, 15) is 4.79 Å². The lowest BCUT2D eigenvalue weighted by atomic mass is 10.2. The van der Waals surface area contributed by atoms with Crippen molar-refractivity contribution in [2.24, 2.45) is 0 Å². The van der Waals surface area contributed by atoms with Crippen molar-refractivity contribution >= 4 is 28.2 Å². The van der Waals surface area contributed by atoms with Gasteiger partial charge in [0.25, 0.3) is 5.91 Å². The Morgan fingerprint density at radius 1 is 1.29 bits per heavy atom. The molecule has 2 aromatic heterocycles. The lowest BCUT2D eigenvalue weighted by molar-refractivity contribution is 0.0933. The Morgan fingerprint density at radius 3 is 2.86 bits per heavy atom. The Bertz CT molecular complexity index is 634. The Morgan fingerprint density at radius 2 is 2.10 bits per heavy atom. The van der Waals surface area contributed by atoms with Crippen LogP contribution in [0.2, 0.25) is 0 Å². The zero-order valence-electron chi connectivity index (χ0n) is 11.9. The molecule has 6 heteroatoms. The first-order valence-corrected chi connectivity index (χ1v) is 8.06. The molecule has 1 fully saturated rings. The smallest absolute Gasteiger partial charge is 0.271 e. The molecule has 1 aliphatic carbocycles. The summed E-state index contributed by atoms with van der Waals surface area (Å²) in [5.41, 5.74) is 1.41. The quantitative estimate of drug-likeness (QED) is 0.909. The second-order valence-electron chi connectivity index (χ2n) is 5.28. The van der Waals surface area contributed by atoms with Gasteiger partial charge in [0, 0.05) is 17.1 Å². The van der Waals surface area contributed by atoms with Crippen LogP contribution in [-0.4, -0.2) is 21.9 Å². The molecular formula is C15H18N4OS.